The number of para-hydroxylation sites is 1. The van der Waals surface area contributed by atoms with Crippen molar-refractivity contribution in [3.63, 3.8) is 0 Å². The van der Waals surface area contributed by atoms with Crippen molar-refractivity contribution in [1.29, 1.82) is 5.26 Å². The van der Waals surface area contributed by atoms with Crippen LogP contribution in [0.1, 0.15) is 16.7 Å². The molecule has 0 atom stereocenters. The van der Waals surface area contributed by atoms with E-state index in [4.69, 9.17) is 11.0 Å². The van der Waals surface area contributed by atoms with Gasteiger partial charge in [0.25, 0.3) is 0 Å². The Morgan fingerprint density at radius 2 is 1.94 bits per heavy atom. The summed E-state index contributed by atoms with van der Waals surface area (Å²) in [7, 11) is 0. The fraction of sp³-hybridized carbons (Fsp3) is 0.133. The fourth-order valence-electron chi connectivity index (χ4n) is 1.69. The Bertz CT molecular complexity index is 600. The third-order valence-electron chi connectivity index (χ3n) is 2.83. The number of nitrogen functional groups attached to an aromatic ring is 1. The van der Waals surface area contributed by atoms with Gasteiger partial charge in [0.2, 0.25) is 0 Å². The van der Waals surface area contributed by atoms with Gasteiger partial charge in [0.15, 0.2) is 0 Å². The summed E-state index contributed by atoms with van der Waals surface area (Å²) in [6.07, 6.45) is 0. The van der Waals surface area contributed by atoms with Gasteiger partial charge in [0, 0.05) is 10.6 Å². The molecular formula is C15H14N2S. The third kappa shape index (κ3) is 2.66. The number of nitrogens with zero attached hydrogens (tertiary/aromatic N) is 1. The van der Waals surface area contributed by atoms with E-state index in [0.717, 1.165) is 10.6 Å². The molecule has 0 aliphatic rings. The molecule has 0 unspecified atom stereocenters. The van der Waals surface area contributed by atoms with Gasteiger partial charge in [0.1, 0.15) is 6.07 Å². The van der Waals surface area contributed by atoms with Gasteiger partial charge in [-0.05, 0) is 30.2 Å². The summed E-state index contributed by atoms with van der Waals surface area (Å²) in [5.74, 6) is 0.867. The van der Waals surface area contributed by atoms with E-state index in [9.17, 15) is 0 Å². The fourth-order valence-corrected chi connectivity index (χ4v) is 2.77. The number of nitrogens with two attached hydrogens (primary N) is 1. The van der Waals surface area contributed by atoms with Crippen LogP contribution in [0, 0.1) is 18.3 Å². The van der Waals surface area contributed by atoms with Gasteiger partial charge < -0.3 is 5.73 Å². The van der Waals surface area contributed by atoms with Gasteiger partial charge in [-0.1, -0.05) is 30.3 Å². The molecule has 0 radical (unpaired) electrons. The second-order valence-electron chi connectivity index (χ2n) is 4.04. The molecular weight excluding hydrogens is 240 g/mol. The number of nitriles is 1. The average molecular weight is 254 g/mol. The van der Waals surface area contributed by atoms with E-state index in [1.807, 2.05) is 24.3 Å². The second kappa shape index (κ2) is 5.61. The van der Waals surface area contributed by atoms with Crippen LogP contribution in [0.15, 0.2) is 47.4 Å². The molecule has 0 aliphatic carbocycles. The lowest BCUT2D eigenvalue weighted by Crippen LogP contribution is -1.93. The van der Waals surface area contributed by atoms with E-state index < -0.39 is 0 Å². The SMILES string of the molecule is Cc1ccccc1CSc1cccc(C#N)c1N. The largest absolute Gasteiger partial charge is 0.397 e. The van der Waals surface area contributed by atoms with Crippen LogP contribution in [-0.4, -0.2) is 0 Å². The second-order valence-corrected chi connectivity index (χ2v) is 5.06. The highest BCUT2D eigenvalue weighted by molar-refractivity contribution is 7.98. The van der Waals surface area contributed by atoms with Crippen LogP contribution < -0.4 is 5.73 Å². The molecule has 3 heteroatoms. The molecule has 90 valence electrons. The van der Waals surface area contributed by atoms with Gasteiger partial charge in [-0.25, -0.2) is 0 Å². The van der Waals surface area contributed by atoms with Crippen molar-refractivity contribution in [1.82, 2.24) is 0 Å². The van der Waals surface area contributed by atoms with Crippen LogP contribution >= 0.6 is 11.8 Å². The summed E-state index contributed by atoms with van der Waals surface area (Å²) in [6, 6.07) is 16.0. The summed E-state index contributed by atoms with van der Waals surface area (Å²) in [5.41, 5.74) is 9.65. The zero-order valence-electron chi connectivity index (χ0n) is 10.2. The molecule has 0 bridgehead atoms. The zero-order chi connectivity index (χ0) is 13.0. The predicted molar refractivity (Wildman–Crippen MR) is 76.3 cm³/mol. The Balaban J connectivity index is 2.17. The molecule has 0 aromatic heterocycles. The summed E-state index contributed by atoms with van der Waals surface area (Å²) >= 11 is 1.67. The first-order valence-corrected chi connectivity index (χ1v) is 6.67. The maximum absolute atomic E-state index is 8.93. The van der Waals surface area contributed by atoms with Crippen molar-refractivity contribution < 1.29 is 0 Å². The number of benzene rings is 2. The number of thioether (sulfide) groups is 1. The monoisotopic (exact) mass is 254 g/mol. The molecule has 2 nitrogen and oxygen atoms in total. The highest BCUT2D eigenvalue weighted by Gasteiger charge is 2.05. The van der Waals surface area contributed by atoms with E-state index in [-0.39, 0.29) is 0 Å². The predicted octanol–water partition coefficient (Wildman–Crippen LogP) is 3.74. The maximum Gasteiger partial charge on any atom is 0.101 e. The first kappa shape index (κ1) is 12.5. The van der Waals surface area contributed by atoms with Crippen LogP contribution in [0.4, 0.5) is 5.69 Å². The minimum absolute atomic E-state index is 0.546. The lowest BCUT2D eigenvalue weighted by Gasteiger charge is -2.08. The molecule has 0 saturated heterocycles. The van der Waals surface area contributed by atoms with Crippen molar-refractivity contribution in [2.24, 2.45) is 0 Å². The van der Waals surface area contributed by atoms with Crippen molar-refractivity contribution in [2.75, 3.05) is 5.73 Å². The molecule has 0 aliphatic heterocycles. The van der Waals surface area contributed by atoms with Crippen molar-refractivity contribution in [2.45, 2.75) is 17.6 Å². The molecule has 0 amide bonds. The van der Waals surface area contributed by atoms with Crippen molar-refractivity contribution >= 4 is 17.4 Å². The Morgan fingerprint density at radius 1 is 1.17 bits per heavy atom. The topological polar surface area (TPSA) is 49.8 Å². The standard InChI is InChI=1S/C15H14N2S/c1-11-5-2-3-6-13(11)10-18-14-8-4-7-12(9-16)15(14)17/h2-8H,10,17H2,1H3. The number of hydrogen-bond acceptors (Lipinski definition) is 3. The van der Waals surface area contributed by atoms with Crippen LogP contribution in [0.25, 0.3) is 0 Å². The summed E-state index contributed by atoms with van der Waals surface area (Å²) in [5, 5.41) is 8.93. The van der Waals surface area contributed by atoms with Crippen molar-refractivity contribution in [3.05, 3.63) is 59.2 Å². The van der Waals surface area contributed by atoms with Crippen molar-refractivity contribution in [3.8, 4) is 6.07 Å². The normalized spacial score (nSPS) is 10.0. The highest BCUT2D eigenvalue weighted by Crippen LogP contribution is 2.30. The lowest BCUT2D eigenvalue weighted by atomic mass is 10.1. The first-order chi connectivity index (χ1) is 8.72. The number of rotatable bonds is 3. The Morgan fingerprint density at radius 3 is 2.67 bits per heavy atom. The molecule has 18 heavy (non-hydrogen) atoms. The van der Waals surface area contributed by atoms with Crippen LogP contribution in [0.3, 0.4) is 0 Å². The molecule has 0 saturated carbocycles. The molecule has 2 rings (SSSR count). The van der Waals surface area contributed by atoms with Crippen LogP contribution in [0.5, 0.6) is 0 Å². The van der Waals surface area contributed by atoms with E-state index in [0.29, 0.717) is 11.3 Å². The number of aryl methyl sites for hydroxylation is 1. The van der Waals surface area contributed by atoms with Gasteiger partial charge >= 0.3 is 0 Å². The number of anilines is 1. The average Bonchev–Trinajstić information content (AvgIpc) is 2.39. The van der Waals surface area contributed by atoms with E-state index in [2.05, 4.69) is 25.1 Å². The smallest absolute Gasteiger partial charge is 0.101 e. The summed E-state index contributed by atoms with van der Waals surface area (Å²) in [4.78, 5) is 0.970. The minimum Gasteiger partial charge on any atom is -0.397 e. The molecule has 2 aromatic rings. The molecule has 0 heterocycles. The molecule has 2 N–H and O–H groups in total. The van der Waals surface area contributed by atoms with Gasteiger partial charge in [-0.15, -0.1) is 11.8 Å². The molecule has 0 spiro atoms. The first-order valence-electron chi connectivity index (χ1n) is 5.68. The Hall–Kier alpha value is -1.92. The zero-order valence-corrected chi connectivity index (χ0v) is 11.0. The quantitative estimate of drug-likeness (QED) is 0.670. The Kier molecular flexibility index (Phi) is 3.91. The minimum atomic E-state index is 0.546. The van der Waals surface area contributed by atoms with Gasteiger partial charge in [-0.3, -0.25) is 0 Å². The highest BCUT2D eigenvalue weighted by atomic mass is 32.2. The van der Waals surface area contributed by atoms with E-state index in [1.54, 1.807) is 17.8 Å². The van der Waals surface area contributed by atoms with E-state index in [1.165, 1.54) is 11.1 Å². The molecule has 0 fully saturated rings. The van der Waals surface area contributed by atoms with Crippen LogP contribution in [0.2, 0.25) is 0 Å². The number of hydrogen-bond donors (Lipinski definition) is 1. The summed E-state index contributed by atoms with van der Waals surface area (Å²) < 4.78 is 0. The van der Waals surface area contributed by atoms with Gasteiger partial charge in [0.05, 0.1) is 11.3 Å². The van der Waals surface area contributed by atoms with Crippen LogP contribution in [-0.2, 0) is 5.75 Å². The van der Waals surface area contributed by atoms with E-state index >= 15 is 0 Å². The molecule has 2 aromatic carbocycles. The third-order valence-corrected chi connectivity index (χ3v) is 3.95. The maximum atomic E-state index is 8.93. The van der Waals surface area contributed by atoms with Gasteiger partial charge in [-0.2, -0.15) is 5.26 Å². The Labute approximate surface area is 111 Å². The lowest BCUT2D eigenvalue weighted by molar-refractivity contribution is 1.30. The summed E-state index contributed by atoms with van der Waals surface area (Å²) in [6.45, 7) is 2.10.